The first-order valence-corrected chi connectivity index (χ1v) is 13.3. The number of hydrogen-bond acceptors (Lipinski definition) is 6. The van der Waals surface area contributed by atoms with E-state index in [1.54, 1.807) is 36.5 Å². The minimum absolute atomic E-state index is 0.0387. The maximum Gasteiger partial charge on any atom is 0.391 e. The summed E-state index contributed by atoms with van der Waals surface area (Å²) in [5, 5.41) is 0.875. The summed E-state index contributed by atoms with van der Waals surface area (Å²) < 4.78 is 44.9. The molecule has 1 fully saturated rings. The third-order valence-electron chi connectivity index (χ3n) is 7.29. The monoisotopic (exact) mass is 562 g/mol. The number of benzene rings is 1. The number of pyridine rings is 2. The predicted molar refractivity (Wildman–Crippen MR) is 150 cm³/mol. The molecule has 0 unspecified atom stereocenters. The number of nitrogens with two attached hydrogens (primary N) is 1. The van der Waals surface area contributed by atoms with Crippen molar-refractivity contribution >= 4 is 34.6 Å². The van der Waals surface area contributed by atoms with Gasteiger partial charge in [-0.1, -0.05) is 0 Å². The Morgan fingerprint density at radius 2 is 1.85 bits per heavy atom. The van der Waals surface area contributed by atoms with Gasteiger partial charge in [0.15, 0.2) is 5.78 Å². The highest BCUT2D eigenvalue weighted by atomic mass is 19.4. The highest BCUT2D eigenvalue weighted by Crippen LogP contribution is 2.34. The van der Waals surface area contributed by atoms with Crippen molar-refractivity contribution in [3.05, 3.63) is 83.4 Å². The fourth-order valence-electron chi connectivity index (χ4n) is 4.97. The van der Waals surface area contributed by atoms with Gasteiger partial charge in [-0.2, -0.15) is 13.2 Å². The van der Waals surface area contributed by atoms with Crippen LogP contribution >= 0.6 is 0 Å². The normalized spacial score (nSPS) is 14.7. The molecule has 0 aliphatic carbocycles. The highest BCUT2D eigenvalue weighted by Gasteiger charge is 2.41. The van der Waals surface area contributed by atoms with Gasteiger partial charge in [-0.15, -0.1) is 0 Å². The van der Waals surface area contributed by atoms with Gasteiger partial charge in [-0.3, -0.25) is 14.6 Å². The van der Waals surface area contributed by atoms with Crippen LogP contribution < -0.4 is 5.73 Å². The standard InChI is InChI=1S/C31H29F3N4O3/c1-19-14-22(27-8-4-21(18-36-27)30(40)38-12-10-24(11-13-38)31(32,33)34)15-23-16-26(41-29(19)23)7-6-25(39)5-2-20-3-9-28(35)37-17-20/h2-5,8-9,14-18,24H,6-7,10-13H2,1H3,(H2,35,37)/b5-2+. The Hall–Kier alpha value is -4.47. The van der Waals surface area contributed by atoms with Crippen LogP contribution in [0.25, 0.3) is 28.3 Å². The van der Waals surface area contributed by atoms with E-state index in [1.165, 1.54) is 17.2 Å². The van der Waals surface area contributed by atoms with Gasteiger partial charge in [0.2, 0.25) is 0 Å². The van der Waals surface area contributed by atoms with Crippen molar-refractivity contribution in [2.75, 3.05) is 18.8 Å². The summed E-state index contributed by atoms with van der Waals surface area (Å²) in [4.78, 5) is 35.1. The molecule has 1 aliphatic heterocycles. The molecule has 4 aromatic rings. The van der Waals surface area contributed by atoms with Crippen molar-refractivity contribution in [2.24, 2.45) is 5.92 Å². The van der Waals surface area contributed by atoms with Crippen LogP contribution in [0.1, 0.15) is 46.5 Å². The molecule has 0 atom stereocenters. The quantitative estimate of drug-likeness (QED) is 0.261. The second-order valence-corrected chi connectivity index (χ2v) is 10.3. The van der Waals surface area contributed by atoms with Gasteiger partial charge < -0.3 is 15.1 Å². The molecule has 0 bridgehead atoms. The van der Waals surface area contributed by atoms with Gasteiger partial charge in [0, 0.05) is 49.3 Å². The van der Waals surface area contributed by atoms with Crippen LogP contribution in [0.5, 0.6) is 0 Å². The number of ketones is 1. The number of rotatable bonds is 7. The summed E-state index contributed by atoms with van der Waals surface area (Å²) >= 11 is 0. The van der Waals surface area contributed by atoms with Crippen LogP contribution in [0.15, 0.2) is 65.4 Å². The molecule has 0 radical (unpaired) electrons. The SMILES string of the molecule is Cc1cc(-c2ccc(C(=O)N3CCC(C(F)(F)F)CC3)cn2)cc2cc(CCC(=O)/C=C/c3ccc(N)nc3)oc12. The van der Waals surface area contributed by atoms with E-state index in [0.29, 0.717) is 29.3 Å². The Kier molecular flexibility index (Phi) is 7.92. The maximum absolute atomic E-state index is 12.9. The molecule has 3 aromatic heterocycles. The van der Waals surface area contributed by atoms with Crippen LogP contribution in [-0.2, 0) is 11.2 Å². The Morgan fingerprint density at radius 3 is 2.51 bits per heavy atom. The first kappa shape index (κ1) is 28.1. The topological polar surface area (TPSA) is 102 Å². The number of aromatic nitrogens is 2. The fraction of sp³-hybridized carbons (Fsp3) is 0.290. The van der Waals surface area contributed by atoms with Crippen LogP contribution in [0, 0.1) is 12.8 Å². The molecule has 1 aromatic carbocycles. The number of anilines is 1. The van der Waals surface area contributed by atoms with E-state index >= 15 is 0 Å². The lowest BCUT2D eigenvalue weighted by molar-refractivity contribution is -0.183. The van der Waals surface area contributed by atoms with E-state index in [1.807, 2.05) is 25.1 Å². The Labute approximate surface area is 234 Å². The highest BCUT2D eigenvalue weighted by molar-refractivity contribution is 5.95. The molecule has 0 saturated carbocycles. The van der Waals surface area contributed by atoms with E-state index in [0.717, 1.165) is 27.7 Å². The van der Waals surface area contributed by atoms with Crippen molar-refractivity contribution < 1.29 is 27.2 Å². The number of carbonyl (C=O) groups is 2. The lowest BCUT2D eigenvalue weighted by Gasteiger charge is -2.32. The third kappa shape index (κ3) is 6.65. The van der Waals surface area contributed by atoms with Crippen LogP contribution in [-0.4, -0.2) is 45.8 Å². The number of allylic oxidation sites excluding steroid dienone is 1. The molecular weight excluding hydrogens is 533 g/mol. The fourth-order valence-corrected chi connectivity index (χ4v) is 4.97. The largest absolute Gasteiger partial charge is 0.461 e. The molecule has 1 amide bonds. The summed E-state index contributed by atoms with van der Waals surface area (Å²) in [6, 6.07) is 12.6. The van der Waals surface area contributed by atoms with E-state index in [4.69, 9.17) is 10.2 Å². The van der Waals surface area contributed by atoms with Gasteiger partial charge >= 0.3 is 6.18 Å². The van der Waals surface area contributed by atoms with Crippen molar-refractivity contribution in [1.29, 1.82) is 0 Å². The summed E-state index contributed by atoms with van der Waals surface area (Å²) in [5.74, 6) is -0.599. The first-order valence-electron chi connectivity index (χ1n) is 13.3. The Bertz CT molecular complexity index is 1580. The number of alkyl halides is 3. The summed E-state index contributed by atoms with van der Waals surface area (Å²) in [5.41, 5.74) is 9.83. The van der Waals surface area contributed by atoms with Gasteiger partial charge in [0.25, 0.3) is 5.91 Å². The maximum atomic E-state index is 12.9. The van der Waals surface area contributed by atoms with Crippen LogP contribution in [0.4, 0.5) is 19.0 Å². The average molecular weight is 563 g/mol. The van der Waals surface area contributed by atoms with Crippen LogP contribution in [0.3, 0.4) is 0 Å². The van der Waals surface area contributed by atoms with Gasteiger partial charge in [-0.05, 0) is 85.5 Å². The van der Waals surface area contributed by atoms with E-state index < -0.39 is 12.1 Å². The smallest absolute Gasteiger partial charge is 0.391 e. The average Bonchev–Trinajstić information content (AvgIpc) is 3.39. The number of carbonyl (C=O) groups excluding carboxylic acids is 2. The molecular formula is C31H29F3N4O3. The summed E-state index contributed by atoms with van der Waals surface area (Å²) in [6.45, 7) is 2.08. The number of fused-ring (bicyclic) bond motifs is 1. The Morgan fingerprint density at radius 1 is 1.07 bits per heavy atom. The number of furan rings is 1. The van der Waals surface area contributed by atoms with Crippen molar-refractivity contribution in [1.82, 2.24) is 14.9 Å². The van der Waals surface area contributed by atoms with Gasteiger partial charge in [-0.25, -0.2) is 4.98 Å². The zero-order valence-electron chi connectivity index (χ0n) is 22.4. The number of nitrogen functional groups attached to an aromatic ring is 1. The zero-order chi connectivity index (χ0) is 29.1. The Balaban J connectivity index is 1.22. The van der Waals surface area contributed by atoms with Crippen molar-refractivity contribution in [2.45, 2.75) is 38.8 Å². The number of hydrogen-bond donors (Lipinski definition) is 1. The van der Waals surface area contributed by atoms with E-state index in [-0.39, 0.29) is 44.0 Å². The third-order valence-corrected chi connectivity index (χ3v) is 7.29. The van der Waals surface area contributed by atoms with Gasteiger partial charge in [0.1, 0.15) is 17.2 Å². The molecule has 2 N–H and O–H groups in total. The number of aryl methyl sites for hydroxylation is 2. The van der Waals surface area contributed by atoms with Gasteiger partial charge in [0.05, 0.1) is 17.2 Å². The molecule has 10 heteroatoms. The van der Waals surface area contributed by atoms with E-state index in [2.05, 4.69) is 9.97 Å². The van der Waals surface area contributed by atoms with E-state index in [9.17, 15) is 22.8 Å². The second kappa shape index (κ2) is 11.6. The molecule has 1 aliphatic rings. The number of piperidine rings is 1. The second-order valence-electron chi connectivity index (χ2n) is 10.3. The number of likely N-dealkylation sites (tertiary alicyclic amines) is 1. The molecule has 7 nitrogen and oxygen atoms in total. The minimum atomic E-state index is -4.22. The lowest BCUT2D eigenvalue weighted by atomic mass is 9.96. The molecule has 5 rings (SSSR count). The summed E-state index contributed by atoms with van der Waals surface area (Å²) in [7, 11) is 0. The van der Waals surface area contributed by atoms with Crippen LogP contribution in [0.2, 0.25) is 0 Å². The molecule has 4 heterocycles. The lowest BCUT2D eigenvalue weighted by Crippen LogP contribution is -2.42. The minimum Gasteiger partial charge on any atom is -0.461 e. The molecule has 212 valence electrons. The molecule has 1 saturated heterocycles. The number of halogens is 3. The van der Waals surface area contributed by atoms with Crippen molar-refractivity contribution in [3.8, 4) is 11.3 Å². The van der Waals surface area contributed by atoms with Crippen molar-refractivity contribution in [3.63, 3.8) is 0 Å². The summed E-state index contributed by atoms with van der Waals surface area (Å²) in [6.07, 6.45) is 2.63. The molecule has 41 heavy (non-hydrogen) atoms. The number of nitrogens with zero attached hydrogens (tertiary/aromatic N) is 3. The zero-order valence-corrected chi connectivity index (χ0v) is 22.4. The predicted octanol–water partition coefficient (Wildman–Crippen LogP) is 6.41. The first-order chi connectivity index (χ1) is 19.6. The number of amides is 1. The molecule has 0 spiro atoms.